The van der Waals surface area contributed by atoms with Gasteiger partial charge >= 0.3 is 0 Å². The number of aromatic amines is 2. The standard InChI is InChI=1S/C21H30N4O/c1-20(2)7-5-13(9-20)15-11-22-18(24-15)17(26)19-23-12-16(25-19)14-6-8-21(3,4)10-14/h11-14H,5-10H2,1-4H3,(H,22,24)(H,23,25). The highest BCUT2D eigenvalue weighted by Crippen LogP contribution is 2.46. The van der Waals surface area contributed by atoms with Crippen LogP contribution in [0.3, 0.4) is 0 Å². The van der Waals surface area contributed by atoms with E-state index in [4.69, 9.17) is 0 Å². The third kappa shape index (κ3) is 3.36. The first-order chi connectivity index (χ1) is 12.2. The molecular formula is C21H30N4O. The Labute approximate surface area is 155 Å². The highest BCUT2D eigenvalue weighted by atomic mass is 16.1. The Balaban J connectivity index is 1.47. The minimum atomic E-state index is -0.142. The van der Waals surface area contributed by atoms with Crippen molar-refractivity contribution >= 4 is 5.78 Å². The number of H-pyrrole nitrogens is 2. The highest BCUT2D eigenvalue weighted by Gasteiger charge is 2.34. The SMILES string of the molecule is CC1(C)CCC(c2cnc(C(=O)c3ncc(C4CCC(C)(C)C4)[nH]3)[nH]2)C1. The number of aromatic nitrogens is 4. The summed E-state index contributed by atoms with van der Waals surface area (Å²) in [7, 11) is 0. The lowest BCUT2D eigenvalue weighted by molar-refractivity contribution is 0.102. The largest absolute Gasteiger partial charge is 0.339 e. The van der Waals surface area contributed by atoms with Crippen molar-refractivity contribution in [2.45, 2.75) is 78.1 Å². The molecule has 2 unspecified atom stereocenters. The second-order valence-electron chi connectivity index (χ2n) is 9.91. The van der Waals surface area contributed by atoms with E-state index in [1.807, 2.05) is 12.4 Å². The summed E-state index contributed by atoms with van der Waals surface area (Å²) >= 11 is 0. The van der Waals surface area contributed by atoms with Gasteiger partial charge in [-0.15, -0.1) is 0 Å². The lowest BCUT2D eigenvalue weighted by atomic mass is 9.90. The van der Waals surface area contributed by atoms with Crippen molar-refractivity contribution in [1.82, 2.24) is 19.9 Å². The second-order valence-corrected chi connectivity index (χ2v) is 9.91. The summed E-state index contributed by atoms with van der Waals surface area (Å²) in [5, 5.41) is 0. The molecular weight excluding hydrogens is 324 g/mol. The van der Waals surface area contributed by atoms with Crippen LogP contribution >= 0.6 is 0 Å². The van der Waals surface area contributed by atoms with Crippen LogP contribution in [0, 0.1) is 10.8 Å². The molecule has 140 valence electrons. The Morgan fingerprint density at radius 3 is 1.65 bits per heavy atom. The van der Waals surface area contributed by atoms with Crippen LogP contribution < -0.4 is 0 Å². The van der Waals surface area contributed by atoms with Gasteiger partial charge in [0.1, 0.15) is 0 Å². The van der Waals surface area contributed by atoms with Crippen molar-refractivity contribution in [2.75, 3.05) is 0 Å². The molecule has 2 aromatic rings. The molecule has 0 amide bonds. The zero-order valence-electron chi connectivity index (χ0n) is 16.4. The Kier molecular flexibility index (Phi) is 4.08. The fraction of sp³-hybridized carbons (Fsp3) is 0.667. The number of rotatable bonds is 4. The molecule has 0 radical (unpaired) electrons. The molecule has 0 aliphatic heterocycles. The Morgan fingerprint density at radius 1 is 0.885 bits per heavy atom. The third-order valence-electron chi connectivity index (χ3n) is 6.44. The maximum atomic E-state index is 12.8. The molecule has 2 heterocycles. The van der Waals surface area contributed by atoms with E-state index in [0.717, 1.165) is 37.1 Å². The first-order valence-corrected chi connectivity index (χ1v) is 9.87. The molecule has 5 nitrogen and oxygen atoms in total. The molecule has 26 heavy (non-hydrogen) atoms. The molecule has 2 saturated carbocycles. The number of hydrogen-bond donors (Lipinski definition) is 2. The van der Waals surface area contributed by atoms with Crippen LogP contribution in [0.2, 0.25) is 0 Å². The van der Waals surface area contributed by atoms with Gasteiger partial charge in [-0.25, -0.2) is 9.97 Å². The van der Waals surface area contributed by atoms with Crippen LogP contribution in [0.5, 0.6) is 0 Å². The topological polar surface area (TPSA) is 74.4 Å². The zero-order valence-corrected chi connectivity index (χ0v) is 16.4. The van der Waals surface area contributed by atoms with Crippen LogP contribution in [0.4, 0.5) is 0 Å². The molecule has 0 saturated heterocycles. The van der Waals surface area contributed by atoms with Gasteiger partial charge in [0, 0.05) is 35.6 Å². The van der Waals surface area contributed by atoms with E-state index in [9.17, 15) is 4.79 Å². The fourth-order valence-electron chi connectivity index (χ4n) is 4.83. The predicted molar refractivity (Wildman–Crippen MR) is 101 cm³/mol. The van der Waals surface area contributed by atoms with Crippen LogP contribution in [-0.4, -0.2) is 25.7 Å². The highest BCUT2D eigenvalue weighted by molar-refractivity contribution is 6.03. The first kappa shape index (κ1) is 17.5. The van der Waals surface area contributed by atoms with Gasteiger partial charge in [-0.2, -0.15) is 0 Å². The van der Waals surface area contributed by atoms with E-state index in [2.05, 4.69) is 47.6 Å². The van der Waals surface area contributed by atoms with E-state index in [1.54, 1.807) is 0 Å². The van der Waals surface area contributed by atoms with Crippen molar-refractivity contribution < 1.29 is 4.79 Å². The fourth-order valence-corrected chi connectivity index (χ4v) is 4.83. The molecule has 4 rings (SSSR count). The minimum Gasteiger partial charge on any atom is -0.339 e. The third-order valence-corrected chi connectivity index (χ3v) is 6.44. The van der Waals surface area contributed by atoms with Crippen molar-refractivity contribution in [3.05, 3.63) is 35.4 Å². The summed E-state index contributed by atoms with van der Waals surface area (Å²) in [6.45, 7) is 9.24. The number of carbonyl (C=O) groups excluding carboxylic acids is 1. The zero-order chi connectivity index (χ0) is 18.5. The van der Waals surface area contributed by atoms with Gasteiger partial charge in [-0.05, 0) is 49.4 Å². The Bertz CT molecular complexity index is 747. The van der Waals surface area contributed by atoms with Crippen LogP contribution in [0.15, 0.2) is 12.4 Å². The number of nitrogens with zero attached hydrogens (tertiary/aromatic N) is 2. The summed E-state index contributed by atoms with van der Waals surface area (Å²) < 4.78 is 0. The lowest BCUT2D eigenvalue weighted by Gasteiger charge is -2.16. The van der Waals surface area contributed by atoms with E-state index >= 15 is 0 Å². The molecule has 2 fully saturated rings. The molecule has 0 spiro atoms. The average Bonchev–Trinajstić information content (AvgIpc) is 3.31. The molecule has 2 aromatic heterocycles. The average molecular weight is 354 g/mol. The first-order valence-electron chi connectivity index (χ1n) is 9.87. The lowest BCUT2D eigenvalue weighted by Crippen LogP contribution is -2.08. The number of imidazole rings is 2. The second kappa shape index (κ2) is 6.07. The molecule has 0 bridgehead atoms. The van der Waals surface area contributed by atoms with Crippen molar-refractivity contribution in [3.8, 4) is 0 Å². The van der Waals surface area contributed by atoms with Gasteiger partial charge in [0.15, 0.2) is 11.6 Å². The molecule has 2 aliphatic carbocycles. The summed E-state index contributed by atoms with van der Waals surface area (Å²) in [6, 6.07) is 0. The Morgan fingerprint density at radius 2 is 1.31 bits per heavy atom. The van der Waals surface area contributed by atoms with Crippen LogP contribution in [0.1, 0.15) is 106 Å². The normalized spacial score (nSPS) is 27.1. The summed E-state index contributed by atoms with van der Waals surface area (Å²) in [4.78, 5) is 28.0. The van der Waals surface area contributed by atoms with E-state index in [1.165, 1.54) is 12.8 Å². The quantitative estimate of drug-likeness (QED) is 0.763. The van der Waals surface area contributed by atoms with Crippen LogP contribution in [-0.2, 0) is 0 Å². The predicted octanol–water partition coefficient (Wildman–Crippen LogP) is 4.95. The minimum absolute atomic E-state index is 0.142. The summed E-state index contributed by atoms with van der Waals surface area (Å²) in [5.41, 5.74) is 2.93. The summed E-state index contributed by atoms with van der Waals surface area (Å²) in [5.74, 6) is 1.62. The van der Waals surface area contributed by atoms with Crippen molar-refractivity contribution in [3.63, 3.8) is 0 Å². The number of ketones is 1. The number of nitrogens with one attached hydrogen (secondary N) is 2. The maximum absolute atomic E-state index is 12.8. The maximum Gasteiger partial charge on any atom is 0.263 e. The van der Waals surface area contributed by atoms with Gasteiger partial charge in [0.25, 0.3) is 5.78 Å². The van der Waals surface area contributed by atoms with Gasteiger partial charge in [0.2, 0.25) is 0 Å². The van der Waals surface area contributed by atoms with Gasteiger partial charge in [0.05, 0.1) is 0 Å². The van der Waals surface area contributed by atoms with Gasteiger partial charge in [-0.1, -0.05) is 27.7 Å². The molecule has 2 N–H and O–H groups in total. The summed E-state index contributed by atoms with van der Waals surface area (Å²) in [6.07, 6.45) is 10.7. The molecule has 0 aromatic carbocycles. The van der Waals surface area contributed by atoms with Crippen LogP contribution in [0.25, 0.3) is 0 Å². The van der Waals surface area contributed by atoms with E-state index in [-0.39, 0.29) is 5.78 Å². The Hall–Kier alpha value is -1.91. The number of carbonyl (C=O) groups is 1. The van der Waals surface area contributed by atoms with E-state index in [0.29, 0.717) is 34.3 Å². The van der Waals surface area contributed by atoms with E-state index < -0.39 is 0 Å². The molecule has 5 heteroatoms. The van der Waals surface area contributed by atoms with Gasteiger partial charge in [-0.3, -0.25) is 4.79 Å². The molecule has 2 atom stereocenters. The van der Waals surface area contributed by atoms with Crippen molar-refractivity contribution in [1.29, 1.82) is 0 Å². The van der Waals surface area contributed by atoms with Crippen molar-refractivity contribution in [2.24, 2.45) is 10.8 Å². The van der Waals surface area contributed by atoms with Gasteiger partial charge < -0.3 is 9.97 Å². The molecule has 2 aliphatic rings. The number of hydrogen-bond acceptors (Lipinski definition) is 3. The smallest absolute Gasteiger partial charge is 0.263 e. The monoisotopic (exact) mass is 354 g/mol.